The molecule has 2 amide bonds. The molecule has 0 aromatic rings. The zero-order chi connectivity index (χ0) is 23.9. The Morgan fingerprint density at radius 1 is 1.12 bits per heavy atom. The first-order valence-electron chi connectivity index (χ1n) is 10.8. The van der Waals surface area contributed by atoms with E-state index in [1.54, 1.807) is 19.9 Å². The van der Waals surface area contributed by atoms with Crippen molar-refractivity contribution in [2.75, 3.05) is 13.2 Å². The number of alkyl carbamates (subject to hydrolysis) is 1. The molecule has 0 aromatic carbocycles. The molecule has 0 radical (unpaired) electrons. The van der Waals surface area contributed by atoms with Gasteiger partial charge in [0.05, 0.1) is 13.2 Å². The Hall–Kier alpha value is -3.30. The van der Waals surface area contributed by atoms with E-state index in [0.29, 0.717) is 12.0 Å². The molecular formula is C22H35N5O5. The van der Waals surface area contributed by atoms with Crippen LogP contribution in [0.1, 0.15) is 46.0 Å². The summed E-state index contributed by atoms with van der Waals surface area (Å²) < 4.78 is 9.97. The highest BCUT2D eigenvalue weighted by Crippen LogP contribution is 2.28. The van der Waals surface area contributed by atoms with Crippen LogP contribution in [-0.2, 0) is 19.1 Å². The maximum absolute atomic E-state index is 12.6. The van der Waals surface area contributed by atoms with Gasteiger partial charge in [0.1, 0.15) is 6.04 Å². The maximum atomic E-state index is 12.6. The number of nitrogens with zero attached hydrogens (tertiary/aromatic N) is 1. The lowest BCUT2D eigenvalue weighted by molar-refractivity contribution is -0.146. The highest BCUT2D eigenvalue weighted by atomic mass is 16.6. The highest BCUT2D eigenvalue weighted by molar-refractivity contribution is 5.96. The summed E-state index contributed by atoms with van der Waals surface area (Å²) in [5.41, 5.74) is 10.9. The molecule has 6 N–H and O–H groups in total. The van der Waals surface area contributed by atoms with Crippen LogP contribution in [0, 0.1) is 5.92 Å². The van der Waals surface area contributed by atoms with Gasteiger partial charge in [-0.05, 0) is 64.0 Å². The zero-order valence-electron chi connectivity index (χ0n) is 18.8. The van der Waals surface area contributed by atoms with E-state index in [0.717, 1.165) is 25.7 Å². The van der Waals surface area contributed by atoms with Gasteiger partial charge < -0.3 is 31.6 Å². The number of esters is 1. The number of rotatable bonds is 11. The summed E-state index contributed by atoms with van der Waals surface area (Å²) in [5.74, 6) is -0.604. The third-order valence-electron chi connectivity index (χ3n) is 4.93. The van der Waals surface area contributed by atoms with Crippen LogP contribution in [0.5, 0.6) is 0 Å². The normalized spacial score (nSPS) is 19.5. The molecule has 10 heteroatoms. The van der Waals surface area contributed by atoms with Gasteiger partial charge in [-0.1, -0.05) is 12.7 Å². The molecule has 1 aliphatic carbocycles. The Balaban J connectivity index is 2.63. The second-order valence-electron chi connectivity index (χ2n) is 7.32. The summed E-state index contributed by atoms with van der Waals surface area (Å²) in [5, 5.41) is 5.60. The van der Waals surface area contributed by atoms with Crippen molar-refractivity contribution >= 4 is 23.9 Å². The van der Waals surface area contributed by atoms with Gasteiger partial charge in [0.25, 0.3) is 5.91 Å². The lowest BCUT2D eigenvalue weighted by Crippen LogP contribution is -2.44. The van der Waals surface area contributed by atoms with Gasteiger partial charge in [0.2, 0.25) is 0 Å². The summed E-state index contributed by atoms with van der Waals surface area (Å²) in [7, 11) is 0. The Labute approximate surface area is 189 Å². The van der Waals surface area contributed by atoms with Crippen LogP contribution in [0.2, 0.25) is 0 Å². The van der Waals surface area contributed by atoms with Crippen molar-refractivity contribution in [3.63, 3.8) is 0 Å². The fourth-order valence-electron chi connectivity index (χ4n) is 3.45. The van der Waals surface area contributed by atoms with Gasteiger partial charge in [0.15, 0.2) is 5.96 Å². The first kappa shape index (κ1) is 26.7. The standard InChI is InChI=1S/C22H35N5O5/c1-4-7-16(12-13-25-21(23)24)19(28)26-17-10-8-15(9-11-17)14-18(20(29)31-5-2)27-22(30)32-6-3/h4,7,12-13,15,17-18H,1,5-6,8-11,14H2,2-3H3,(H,26,28)(H,27,30)(H4,23,24,25)/b13-12-,16-7+. The quantitative estimate of drug-likeness (QED) is 0.123. The van der Waals surface area contributed by atoms with Crippen molar-refractivity contribution in [2.24, 2.45) is 22.4 Å². The Morgan fingerprint density at radius 3 is 2.34 bits per heavy atom. The minimum absolute atomic E-state index is 0.00232. The van der Waals surface area contributed by atoms with E-state index in [2.05, 4.69) is 22.2 Å². The average Bonchev–Trinajstić information content (AvgIpc) is 2.74. The van der Waals surface area contributed by atoms with E-state index < -0.39 is 18.1 Å². The number of aliphatic imine (C=N–C) groups is 1. The molecule has 1 rings (SSSR count). The summed E-state index contributed by atoms with van der Waals surface area (Å²) in [6.45, 7) is 7.48. The van der Waals surface area contributed by atoms with Crippen LogP contribution in [0.25, 0.3) is 0 Å². The number of nitrogens with two attached hydrogens (primary N) is 2. The largest absolute Gasteiger partial charge is 0.464 e. The molecule has 0 heterocycles. The van der Waals surface area contributed by atoms with E-state index in [1.807, 2.05) is 0 Å². The minimum Gasteiger partial charge on any atom is -0.464 e. The molecular weight excluding hydrogens is 414 g/mol. The van der Waals surface area contributed by atoms with Gasteiger partial charge in [-0.15, -0.1) is 0 Å². The van der Waals surface area contributed by atoms with Crippen LogP contribution in [0.15, 0.2) is 41.6 Å². The van der Waals surface area contributed by atoms with E-state index in [1.165, 1.54) is 18.4 Å². The molecule has 1 saturated carbocycles. The Kier molecular flexibility index (Phi) is 12.2. The summed E-state index contributed by atoms with van der Waals surface area (Å²) in [4.78, 5) is 40.3. The Bertz CT molecular complexity index is 735. The molecule has 178 valence electrons. The van der Waals surface area contributed by atoms with Crippen LogP contribution in [0.4, 0.5) is 4.79 Å². The molecule has 0 saturated heterocycles. The third kappa shape index (κ3) is 10.1. The van der Waals surface area contributed by atoms with E-state index >= 15 is 0 Å². The lowest BCUT2D eigenvalue weighted by atomic mass is 9.82. The van der Waals surface area contributed by atoms with E-state index in [-0.39, 0.29) is 37.0 Å². The second kappa shape index (κ2) is 14.7. The van der Waals surface area contributed by atoms with Crippen molar-refractivity contribution in [3.05, 3.63) is 36.6 Å². The molecule has 1 aliphatic rings. The first-order chi connectivity index (χ1) is 15.3. The predicted octanol–water partition coefficient (Wildman–Crippen LogP) is 1.63. The predicted molar refractivity (Wildman–Crippen MR) is 122 cm³/mol. The zero-order valence-corrected chi connectivity index (χ0v) is 18.8. The molecule has 0 aliphatic heterocycles. The molecule has 0 spiro atoms. The van der Waals surface area contributed by atoms with Crippen molar-refractivity contribution in [1.82, 2.24) is 10.6 Å². The van der Waals surface area contributed by atoms with E-state index in [9.17, 15) is 14.4 Å². The third-order valence-corrected chi connectivity index (χ3v) is 4.93. The minimum atomic E-state index is -0.757. The molecule has 1 fully saturated rings. The molecule has 32 heavy (non-hydrogen) atoms. The number of amides is 2. The first-order valence-corrected chi connectivity index (χ1v) is 10.8. The van der Waals surface area contributed by atoms with E-state index in [4.69, 9.17) is 20.9 Å². The van der Waals surface area contributed by atoms with Gasteiger partial charge in [-0.25, -0.2) is 14.6 Å². The molecule has 1 unspecified atom stereocenters. The molecule has 0 bridgehead atoms. The number of guanidine groups is 1. The number of hydrogen-bond donors (Lipinski definition) is 4. The number of nitrogens with one attached hydrogen (secondary N) is 2. The molecule has 1 atom stereocenters. The number of ether oxygens (including phenoxy) is 2. The number of hydrogen-bond acceptors (Lipinski definition) is 6. The maximum Gasteiger partial charge on any atom is 0.407 e. The number of carbonyl (C=O) groups is 3. The van der Waals surface area contributed by atoms with Crippen molar-refractivity contribution < 1.29 is 23.9 Å². The van der Waals surface area contributed by atoms with Crippen molar-refractivity contribution in [3.8, 4) is 0 Å². The Morgan fingerprint density at radius 2 is 1.78 bits per heavy atom. The topological polar surface area (TPSA) is 158 Å². The lowest BCUT2D eigenvalue weighted by Gasteiger charge is -2.31. The van der Waals surface area contributed by atoms with Crippen LogP contribution < -0.4 is 22.1 Å². The van der Waals surface area contributed by atoms with Gasteiger partial charge >= 0.3 is 12.1 Å². The smallest absolute Gasteiger partial charge is 0.407 e. The van der Waals surface area contributed by atoms with Gasteiger partial charge in [-0.2, -0.15) is 0 Å². The summed E-state index contributed by atoms with van der Waals surface area (Å²) in [6.07, 6.45) is 8.88. The number of carbonyl (C=O) groups excluding carboxylic acids is 3. The SMILES string of the molecule is C=C/C=C(\C=C/N=C(N)N)C(=O)NC1CCC(CC(NC(=O)OCC)C(=O)OCC)CC1. The fourth-order valence-corrected chi connectivity index (χ4v) is 3.45. The summed E-state index contributed by atoms with van der Waals surface area (Å²) >= 11 is 0. The number of allylic oxidation sites excluding steroid dienone is 2. The second-order valence-corrected chi connectivity index (χ2v) is 7.32. The highest BCUT2D eigenvalue weighted by Gasteiger charge is 2.30. The van der Waals surface area contributed by atoms with Gasteiger partial charge in [0, 0.05) is 17.8 Å². The van der Waals surface area contributed by atoms with Crippen molar-refractivity contribution in [2.45, 2.75) is 58.0 Å². The molecule has 0 aromatic heterocycles. The monoisotopic (exact) mass is 449 g/mol. The van der Waals surface area contributed by atoms with Crippen LogP contribution >= 0.6 is 0 Å². The van der Waals surface area contributed by atoms with Crippen LogP contribution in [0.3, 0.4) is 0 Å². The van der Waals surface area contributed by atoms with Gasteiger partial charge in [-0.3, -0.25) is 4.79 Å². The average molecular weight is 450 g/mol. The van der Waals surface area contributed by atoms with Crippen LogP contribution in [-0.4, -0.2) is 49.2 Å². The summed E-state index contributed by atoms with van der Waals surface area (Å²) in [6, 6.07) is -0.754. The van der Waals surface area contributed by atoms with Crippen molar-refractivity contribution in [1.29, 1.82) is 0 Å². The fraction of sp³-hybridized carbons (Fsp3) is 0.545. The molecule has 10 nitrogen and oxygen atoms in total.